The number of hydrogen-bond donors (Lipinski definition) is 0. The first-order chi connectivity index (χ1) is 7.58. The van der Waals surface area contributed by atoms with Crippen molar-refractivity contribution in [3.8, 4) is 11.3 Å². The number of rotatable bonds is 1. The molecule has 0 fully saturated rings. The molecule has 0 aromatic carbocycles. The molecule has 0 aliphatic heterocycles. The lowest BCUT2D eigenvalue weighted by Gasteiger charge is -2.04. The van der Waals surface area contributed by atoms with Gasteiger partial charge in [0.2, 0.25) is 0 Å². The van der Waals surface area contributed by atoms with Crippen molar-refractivity contribution in [3.05, 3.63) is 46.0 Å². The van der Waals surface area contributed by atoms with Crippen LogP contribution in [0.15, 0.2) is 29.2 Å². The molecule has 0 N–H and O–H groups in total. The number of aromatic nitrogens is 3. The van der Waals surface area contributed by atoms with Crippen molar-refractivity contribution in [1.82, 2.24) is 14.8 Å². The summed E-state index contributed by atoms with van der Waals surface area (Å²) >= 11 is 0. The lowest BCUT2D eigenvalue weighted by atomic mass is 10.1. The van der Waals surface area contributed by atoms with Gasteiger partial charge in [0, 0.05) is 30.1 Å². The van der Waals surface area contributed by atoms with Gasteiger partial charge in [-0.15, -0.1) is 0 Å². The van der Waals surface area contributed by atoms with Crippen LogP contribution in [-0.2, 0) is 7.05 Å². The van der Waals surface area contributed by atoms with Gasteiger partial charge in [-0.1, -0.05) is 0 Å². The van der Waals surface area contributed by atoms with Gasteiger partial charge in [0.1, 0.15) is 0 Å². The molecule has 4 nitrogen and oxygen atoms in total. The van der Waals surface area contributed by atoms with Gasteiger partial charge in [0.05, 0.1) is 5.69 Å². The van der Waals surface area contributed by atoms with Gasteiger partial charge in [-0.25, -0.2) is 4.68 Å². The summed E-state index contributed by atoms with van der Waals surface area (Å²) in [7, 11) is 1.65. The molecule has 0 aliphatic carbocycles. The predicted octanol–water partition coefficient (Wildman–Crippen LogP) is 1.46. The van der Waals surface area contributed by atoms with Gasteiger partial charge in [0.15, 0.2) is 0 Å². The Bertz CT molecular complexity index is 544. The minimum Gasteiger partial charge on any atom is -0.268 e. The van der Waals surface area contributed by atoms with E-state index in [1.165, 1.54) is 4.68 Å². The van der Waals surface area contributed by atoms with E-state index in [-0.39, 0.29) is 5.56 Å². The molecule has 0 unspecified atom stereocenters. The first-order valence-corrected chi connectivity index (χ1v) is 5.06. The molecule has 16 heavy (non-hydrogen) atoms. The van der Waals surface area contributed by atoms with Crippen LogP contribution in [0.25, 0.3) is 11.3 Å². The summed E-state index contributed by atoms with van der Waals surface area (Å²) < 4.78 is 1.35. The lowest BCUT2D eigenvalue weighted by Crippen LogP contribution is -2.21. The second-order valence-electron chi connectivity index (χ2n) is 3.83. The Hall–Kier alpha value is -1.97. The van der Waals surface area contributed by atoms with Crippen LogP contribution in [0, 0.1) is 13.8 Å². The van der Waals surface area contributed by atoms with Crippen molar-refractivity contribution in [1.29, 1.82) is 0 Å². The molecule has 0 aliphatic rings. The van der Waals surface area contributed by atoms with Crippen LogP contribution >= 0.6 is 0 Å². The van der Waals surface area contributed by atoms with E-state index in [9.17, 15) is 4.79 Å². The second-order valence-corrected chi connectivity index (χ2v) is 3.83. The first kappa shape index (κ1) is 10.5. The number of nitrogens with zero attached hydrogens (tertiary/aromatic N) is 3. The second kappa shape index (κ2) is 3.89. The highest BCUT2D eigenvalue weighted by atomic mass is 16.1. The summed E-state index contributed by atoms with van der Waals surface area (Å²) in [6.45, 7) is 3.72. The van der Waals surface area contributed by atoms with Gasteiger partial charge in [-0.2, -0.15) is 5.10 Å². The standard InChI is InChI=1S/C12H13N3O/c1-8-6-11(14-15(3)12(8)16)10-5-4-9(2)13-7-10/h4-7H,1-3H3. The van der Waals surface area contributed by atoms with Gasteiger partial charge >= 0.3 is 0 Å². The third kappa shape index (κ3) is 1.86. The molecule has 2 aromatic rings. The Labute approximate surface area is 93.6 Å². The highest BCUT2D eigenvalue weighted by Crippen LogP contribution is 2.14. The van der Waals surface area contributed by atoms with Crippen LogP contribution in [0.2, 0.25) is 0 Å². The van der Waals surface area contributed by atoms with Gasteiger partial charge in [-0.05, 0) is 32.0 Å². The lowest BCUT2D eigenvalue weighted by molar-refractivity contribution is 0.705. The highest BCUT2D eigenvalue weighted by molar-refractivity contribution is 5.57. The maximum atomic E-state index is 11.5. The summed E-state index contributed by atoms with van der Waals surface area (Å²) in [5.41, 5.74) is 3.28. The van der Waals surface area contributed by atoms with E-state index in [2.05, 4.69) is 10.1 Å². The first-order valence-electron chi connectivity index (χ1n) is 5.06. The van der Waals surface area contributed by atoms with Crippen LogP contribution in [0.4, 0.5) is 0 Å². The zero-order valence-electron chi connectivity index (χ0n) is 9.56. The Balaban J connectivity index is 2.57. The summed E-state index contributed by atoms with van der Waals surface area (Å²) in [6, 6.07) is 5.67. The van der Waals surface area contributed by atoms with E-state index in [1.54, 1.807) is 26.2 Å². The summed E-state index contributed by atoms with van der Waals surface area (Å²) in [5, 5.41) is 4.20. The Kier molecular flexibility index (Phi) is 2.56. The van der Waals surface area contributed by atoms with E-state index in [0.29, 0.717) is 5.56 Å². The zero-order chi connectivity index (χ0) is 11.7. The normalized spacial score (nSPS) is 10.4. The molecule has 0 radical (unpaired) electrons. The average molecular weight is 215 g/mol. The van der Waals surface area contributed by atoms with E-state index in [4.69, 9.17) is 0 Å². The fraction of sp³-hybridized carbons (Fsp3) is 0.250. The van der Waals surface area contributed by atoms with E-state index >= 15 is 0 Å². The van der Waals surface area contributed by atoms with Gasteiger partial charge in [-0.3, -0.25) is 9.78 Å². The summed E-state index contributed by atoms with van der Waals surface area (Å²) in [6.07, 6.45) is 1.77. The van der Waals surface area contributed by atoms with Crippen molar-refractivity contribution in [2.45, 2.75) is 13.8 Å². The van der Waals surface area contributed by atoms with E-state index in [1.807, 2.05) is 19.1 Å². The fourth-order valence-electron chi connectivity index (χ4n) is 1.52. The van der Waals surface area contributed by atoms with Crippen molar-refractivity contribution in [2.75, 3.05) is 0 Å². The van der Waals surface area contributed by atoms with Crippen molar-refractivity contribution >= 4 is 0 Å². The molecule has 0 spiro atoms. The number of pyridine rings is 1. The predicted molar refractivity (Wildman–Crippen MR) is 62.2 cm³/mol. The highest BCUT2D eigenvalue weighted by Gasteiger charge is 2.04. The summed E-state index contributed by atoms with van der Waals surface area (Å²) in [4.78, 5) is 15.7. The van der Waals surface area contributed by atoms with E-state index in [0.717, 1.165) is 17.0 Å². The maximum Gasteiger partial charge on any atom is 0.269 e. The third-order valence-electron chi connectivity index (χ3n) is 2.45. The Morgan fingerprint density at radius 1 is 1.25 bits per heavy atom. The quantitative estimate of drug-likeness (QED) is 0.723. The molecule has 0 saturated carbocycles. The van der Waals surface area contributed by atoms with Crippen molar-refractivity contribution < 1.29 is 0 Å². The topological polar surface area (TPSA) is 47.8 Å². The SMILES string of the molecule is Cc1ccc(-c2cc(C)c(=O)n(C)n2)cn1. The molecule has 0 amide bonds. The molecule has 0 bridgehead atoms. The van der Waals surface area contributed by atoms with Crippen molar-refractivity contribution in [2.24, 2.45) is 7.05 Å². The monoisotopic (exact) mass is 215 g/mol. The molecule has 4 heteroatoms. The fourth-order valence-corrected chi connectivity index (χ4v) is 1.52. The molecule has 0 saturated heterocycles. The van der Waals surface area contributed by atoms with Crippen LogP contribution in [0.5, 0.6) is 0 Å². The Morgan fingerprint density at radius 2 is 2.00 bits per heavy atom. The molecule has 2 aromatic heterocycles. The van der Waals surface area contributed by atoms with Crippen molar-refractivity contribution in [3.63, 3.8) is 0 Å². The van der Waals surface area contributed by atoms with Gasteiger partial charge < -0.3 is 0 Å². The van der Waals surface area contributed by atoms with Gasteiger partial charge in [0.25, 0.3) is 5.56 Å². The number of hydrogen-bond acceptors (Lipinski definition) is 3. The molecule has 2 heterocycles. The summed E-state index contributed by atoms with van der Waals surface area (Å²) in [5.74, 6) is 0. The van der Waals surface area contributed by atoms with Crippen LogP contribution in [-0.4, -0.2) is 14.8 Å². The molecule has 82 valence electrons. The molecule has 0 atom stereocenters. The van der Waals surface area contributed by atoms with E-state index < -0.39 is 0 Å². The molecule has 2 rings (SSSR count). The van der Waals surface area contributed by atoms with Crippen LogP contribution in [0.3, 0.4) is 0 Å². The third-order valence-corrected chi connectivity index (χ3v) is 2.45. The average Bonchev–Trinajstić information content (AvgIpc) is 2.26. The molecular formula is C12H13N3O. The molecular weight excluding hydrogens is 202 g/mol. The van der Waals surface area contributed by atoms with Crippen LogP contribution < -0.4 is 5.56 Å². The maximum absolute atomic E-state index is 11.5. The largest absolute Gasteiger partial charge is 0.269 e. The Morgan fingerprint density at radius 3 is 2.56 bits per heavy atom. The minimum absolute atomic E-state index is 0.0659. The zero-order valence-corrected chi connectivity index (χ0v) is 9.56. The number of aryl methyl sites for hydroxylation is 3. The smallest absolute Gasteiger partial charge is 0.268 e. The van der Waals surface area contributed by atoms with Crippen LogP contribution in [0.1, 0.15) is 11.3 Å². The minimum atomic E-state index is -0.0659.